The van der Waals surface area contributed by atoms with E-state index in [0.717, 1.165) is 28.8 Å². The fraction of sp³-hybridized carbons (Fsp3) is 0.0870. The maximum absolute atomic E-state index is 13.2. The van der Waals surface area contributed by atoms with Crippen LogP contribution in [0.1, 0.15) is 20.8 Å². The number of aromatic nitrogens is 1. The molecule has 158 valence electrons. The molecule has 1 amide bonds. The Morgan fingerprint density at radius 1 is 1.06 bits per heavy atom. The summed E-state index contributed by atoms with van der Waals surface area (Å²) >= 11 is 6.91. The summed E-state index contributed by atoms with van der Waals surface area (Å²) in [6.07, 6.45) is -0.972. The Bertz CT molecular complexity index is 1250. The topological polar surface area (TPSA) is 34.0 Å². The average Bonchev–Trinajstić information content (AvgIpc) is 3.38. The number of aryl methyl sites for hydroxylation is 1. The number of anilines is 1. The molecule has 1 N–H and O–H groups in total. The van der Waals surface area contributed by atoms with E-state index in [9.17, 15) is 18.0 Å². The third-order valence-electron chi connectivity index (χ3n) is 4.69. The lowest BCUT2D eigenvalue weighted by Crippen LogP contribution is -2.14. The number of rotatable bonds is 4. The average molecular weight is 461 g/mol. The molecule has 0 spiro atoms. The van der Waals surface area contributed by atoms with Gasteiger partial charge >= 0.3 is 6.18 Å². The lowest BCUT2D eigenvalue weighted by Gasteiger charge is -2.13. The molecule has 0 unspecified atom stereocenters. The van der Waals surface area contributed by atoms with Crippen LogP contribution >= 0.6 is 22.9 Å². The number of thiophene rings is 1. The fourth-order valence-electron chi connectivity index (χ4n) is 3.28. The van der Waals surface area contributed by atoms with Crippen molar-refractivity contribution < 1.29 is 18.0 Å². The van der Waals surface area contributed by atoms with Crippen molar-refractivity contribution in [1.82, 2.24) is 4.57 Å². The second-order valence-corrected chi connectivity index (χ2v) is 8.22. The highest BCUT2D eigenvalue weighted by molar-refractivity contribution is 7.13. The van der Waals surface area contributed by atoms with Crippen LogP contribution in [0.5, 0.6) is 0 Å². The predicted molar refractivity (Wildman–Crippen MR) is 118 cm³/mol. The minimum Gasteiger partial charge on any atom is -0.322 e. The lowest BCUT2D eigenvalue weighted by atomic mass is 10.0. The molecule has 2 aromatic heterocycles. The van der Waals surface area contributed by atoms with Crippen LogP contribution in [0, 0.1) is 6.92 Å². The smallest absolute Gasteiger partial charge is 0.322 e. The summed E-state index contributed by atoms with van der Waals surface area (Å²) in [4.78, 5) is 13.4. The van der Waals surface area contributed by atoms with Gasteiger partial charge in [0.15, 0.2) is 0 Å². The Balaban J connectivity index is 1.74. The molecule has 0 atom stereocenters. The lowest BCUT2D eigenvalue weighted by molar-refractivity contribution is -0.137. The van der Waals surface area contributed by atoms with Gasteiger partial charge in [-0.25, -0.2) is 0 Å². The van der Waals surface area contributed by atoms with E-state index in [1.807, 2.05) is 65.7 Å². The van der Waals surface area contributed by atoms with Crippen LogP contribution in [-0.2, 0) is 6.18 Å². The van der Waals surface area contributed by atoms with Crippen LogP contribution in [0.3, 0.4) is 0 Å². The third kappa shape index (κ3) is 4.38. The number of hydrogen-bond donors (Lipinski definition) is 1. The fourth-order valence-corrected chi connectivity index (χ4v) is 4.47. The highest BCUT2D eigenvalue weighted by atomic mass is 35.5. The molecule has 31 heavy (non-hydrogen) atoms. The van der Waals surface area contributed by atoms with Gasteiger partial charge in [0.05, 0.1) is 16.3 Å². The number of carbonyl (C=O) groups is 1. The van der Waals surface area contributed by atoms with E-state index in [1.165, 1.54) is 17.4 Å². The van der Waals surface area contributed by atoms with Gasteiger partial charge in [0, 0.05) is 29.0 Å². The Labute approximate surface area is 185 Å². The van der Waals surface area contributed by atoms with E-state index < -0.39 is 22.7 Å². The van der Waals surface area contributed by atoms with Gasteiger partial charge in [-0.1, -0.05) is 41.4 Å². The molecule has 3 nitrogen and oxygen atoms in total. The summed E-state index contributed by atoms with van der Waals surface area (Å²) in [5.74, 6) is -0.497. The molecule has 2 aromatic carbocycles. The van der Waals surface area contributed by atoms with Gasteiger partial charge in [-0.3, -0.25) is 4.79 Å². The highest BCUT2D eigenvalue weighted by Gasteiger charge is 2.33. The number of alkyl halides is 3. The van der Waals surface area contributed by atoms with E-state index in [4.69, 9.17) is 11.6 Å². The van der Waals surface area contributed by atoms with Crippen LogP contribution in [0.15, 0.2) is 72.4 Å². The molecule has 2 heterocycles. The molecule has 8 heteroatoms. The molecule has 4 aromatic rings. The Kier molecular flexibility index (Phi) is 5.64. The molecule has 0 radical (unpaired) electrons. The van der Waals surface area contributed by atoms with Crippen molar-refractivity contribution >= 4 is 34.5 Å². The van der Waals surface area contributed by atoms with Crippen molar-refractivity contribution in [3.8, 4) is 16.8 Å². The van der Waals surface area contributed by atoms with Crippen LogP contribution in [0.4, 0.5) is 18.9 Å². The second kappa shape index (κ2) is 8.24. The minimum absolute atomic E-state index is 0.0192. The van der Waals surface area contributed by atoms with E-state index in [2.05, 4.69) is 5.32 Å². The van der Waals surface area contributed by atoms with E-state index >= 15 is 0 Å². The summed E-state index contributed by atoms with van der Waals surface area (Å²) in [5, 5.41) is 4.03. The number of nitrogens with zero attached hydrogens (tertiary/aromatic N) is 1. The molecule has 0 bridgehead atoms. The largest absolute Gasteiger partial charge is 0.417 e. The minimum atomic E-state index is -4.62. The molecule has 0 saturated carbocycles. The van der Waals surface area contributed by atoms with E-state index in [0.29, 0.717) is 10.6 Å². The first-order valence-electron chi connectivity index (χ1n) is 9.24. The standard InChI is InChI=1S/C23H16ClF3N2OS/c1-14-5-4-6-15(11-14)17-13-31-21(20(17)29-9-2-3-10-29)22(30)28-16-7-8-19(24)18(12-16)23(25,26)27/h2-13H,1H3,(H,28,30). The first kappa shape index (κ1) is 21.2. The van der Waals surface area contributed by atoms with Gasteiger partial charge in [-0.2, -0.15) is 13.2 Å². The first-order chi connectivity index (χ1) is 14.7. The van der Waals surface area contributed by atoms with Crippen molar-refractivity contribution in [3.63, 3.8) is 0 Å². The van der Waals surface area contributed by atoms with Gasteiger partial charge in [-0.15, -0.1) is 11.3 Å². The Morgan fingerprint density at radius 2 is 1.81 bits per heavy atom. The third-order valence-corrected chi connectivity index (χ3v) is 5.99. The van der Waals surface area contributed by atoms with Crippen molar-refractivity contribution in [3.05, 3.63) is 93.4 Å². The quantitative estimate of drug-likeness (QED) is 0.337. The molecule has 0 aliphatic rings. The summed E-state index contributed by atoms with van der Waals surface area (Å²) in [6.45, 7) is 1.98. The molecule has 0 saturated heterocycles. The van der Waals surface area contributed by atoms with Crippen LogP contribution in [0.2, 0.25) is 5.02 Å². The number of nitrogens with one attached hydrogen (secondary N) is 1. The molecular weight excluding hydrogens is 445 g/mol. The van der Waals surface area contributed by atoms with Crippen molar-refractivity contribution in [2.45, 2.75) is 13.1 Å². The zero-order valence-electron chi connectivity index (χ0n) is 16.2. The Morgan fingerprint density at radius 3 is 2.48 bits per heavy atom. The Hall–Kier alpha value is -3.03. The maximum atomic E-state index is 13.2. The SMILES string of the molecule is Cc1cccc(-c2csc(C(=O)Nc3ccc(Cl)c(C(F)(F)F)c3)c2-n2cccc2)c1. The second-order valence-electron chi connectivity index (χ2n) is 6.93. The molecule has 0 aliphatic carbocycles. The van der Waals surface area contributed by atoms with Gasteiger partial charge < -0.3 is 9.88 Å². The van der Waals surface area contributed by atoms with E-state index in [1.54, 1.807) is 0 Å². The normalized spacial score (nSPS) is 11.5. The number of carbonyl (C=O) groups excluding carboxylic acids is 1. The number of hydrogen-bond acceptors (Lipinski definition) is 2. The maximum Gasteiger partial charge on any atom is 0.417 e. The molecule has 0 fully saturated rings. The number of halogens is 4. The van der Waals surface area contributed by atoms with Crippen LogP contribution in [-0.4, -0.2) is 10.5 Å². The van der Waals surface area contributed by atoms with Gasteiger partial charge in [0.1, 0.15) is 4.88 Å². The van der Waals surface area contributed by atoms with Gasteiger partial charge in [0.25, 0.3) is 5.91 Å². The summed E-state index contributed by atoms with van der Waals surface area (Å²) < 4.78 is 41.3. The van der Waals surface area contributed by atoms with Crippen molar-refractivity contribution in [2.75, 3.05) is 5.32 Å². The summed E-state index contributed by atoms with van der Waals surface area (Å²) in [6, 6.07) is 14.9. The van der Waals surface area contributed by atoms with Gasteiger partial charge in [0.2, 0.25) is 0 Å². The van der Waals surface area contributed by atoms with Crippen LogP contribution < -0.4 is 5.32 Å². The van der Waals surface area contributed by atoms with Crippen LogP contribution in [0.25, 0.3) is 16.8 Å². The highest BCUT2D eigenvalue weighted by Crippen LogP contribution is 2.38. The monoisotopic (exact) mass is 460 g/mol. The van der Waals surface area contributed by atoms with Crippen molar-refractivity contribution in [1.29, 1.82) is 0 Å². The van der Waals surface area contributed by atoms with Crippen molar-refractivity contribution in [2.24, 2.45) is 0 Å². The zero-order valence-corrected chi connectivity index (χ0v) is 17.8. The zero-order chi connectivity index (χ0) is 22.2. The molecule has 0 aliphatic heterocycles. The predicted octanol–water partition coefficient (Wildman–Crippen LogP) is 7.44. The first-order valence-corrected chi connectivity index (χ1v) is 10.5. The van der Waals surface area contributed by atoms with Gasteiger partial charge in [-0.05, 0) is 42.8 Å². The summed E-state index contributed by atoms with van der Waals surface area (Å²) in [5.41, 5.74) is 2.58. The van der Waals surface area contributed by atoms with E-state index in [-0.39, 0.29) is 5.69 Å². The summed E-state index contributed by atoms with van der Waals surface area (Å²) in [7, 11) is 0. The molecule has 4 rings (SSSR count). The number of amides is 1. The number of benzene rings is 2. The molecular formula is C23H16ClF3N2OS.